The molecule has 2 heterocycles. The fourth-order valence-electron chi connectivity index (χ4n) is 1.77. The van der Waals surface area contributed by atoms with Gasteiger partial charge in [0.1, 0.15) is 11.5 Å². The molecule has 3 rings (SSSR count). The van der Waals surface area contributed by atoms with Gasteiger partial charge < -0.3 is 13.9 Å². The molecule has 1 N–H and O–H groups in total. The molecule has 118 valence electrons. The smallest absolute Gasteiger partial charge is 0.264 e. The molecule has 0 aliphatic carbocycles. The lowest BCUT2D eigenvalue weighted by Crippen LogP contribution is -2.20. The third-order valence-electron chi connectivity index (χ3n) is 2.81. The van der Waals surface area contributed by atoms with Gasteiger partial charge in [0.2, 0.25) is 5.13 Å². The summed E-state index contributed by atoms with van der Waals surface area (Å²) in [6, 6.07) is 10.6. The van der Waals surface area contributed by atoms with Crippen molar-refractivity contribution in [1.82, 2.24) is 10.2 Å². The minimum atomic E-state index is -0.324. The first-order valence-electron chi connectivity index (χ1n) is 6.68. The predicted octanol–water partition coefficient (Wildman–Crippen LogP) is 2.82. The molecule has 0 atom stereocenters. The van der Waals surface area contributed by atoms with Gasteiger partial charge in [-0.3, -0.25) is 10.1 Å². The van der Waals surface area contributed by atoms with E-state index >= 15 is 0 Å². The van der Waals surface area contributed by atoms with E-state index in [0.29, 0.717) is 27.4 Å². The van der Waals surface area contributed by atoms with Crippen LogP contribution >= 0.6 is 11.3 Å². The van der Waals surface area contributed by atoms with Crippen molar-refractivity contribution in [3.05, 3.63) is 42.7 Å². The van der Waals surface area contributed by atoms with Gasteiger partial charge in [-0.15, -0.1) is 10.2 Å². The topological polar surface area (TPSA) is 86.5 Å². The molecule has 0 bridgehead atoms. The highest BCUT2D eigenvalue weighted by Gasteiger charge is 2.11. The van der Waals surface area contributed by atoms with Gasteiger partial charge >= 0.3 is 0 Å². The summed E-state index contributed by atoms with van der Waals surface area (Å²) >= 11 is 1.22. The summed E-state index contributed by atoms with van der Waals surface area (Å²) in [7, 11) is 1.57. The predicted molar refractivity (Wildman–Crippen MR) is 84.7 cm³/mol. The fourth-order valence-corrected chi connectivity index (χ4v) is 2.50. The molecular weight excluding hydrogens is 318 g/mol. The van der Waals surface area contributed by atoms with Crippen LogP contribution in [0, 0.1) is 0 Å². The molecule has 8 heteroatoms. The van der Waals surface area contributed by atoms with Gasteiger partial charge in [0.05, 0.1) is 13.4 Å². The molecule has 0 radical (unpaired) electrons. The number of ether oxygens (including phenoxy) is 2. The number of hydrogen-bond acceptors (Lipinski definition) is 7. The third kappa shape index (κ3) is 3.86. The normalized spacial score (nSPS) is 10.3. The Labute approximate surface area is 135 Å². The van der Waals surface area contributed by atoms with E-state index in [4.69, 9.17) is 13.9 Å². The third-order valence-corrected chi connectivity index (χ3v) is 3.67. The highest BCUT2D eigenvalue weighted by atomic mass is 32.1. The monoisotopic (exact) mass is 331 g/mol. The second-order valence-electron chi connectivity index (χ2n) is 4.41. The molecule has 1 aromatic carbocycles. The highest BCUT2D eigenvalue weighted by molar-refractivity contribution is 7.18. The Morgan fingerprint density at radius 2 is 2.13 bits per heavy atom. The maximum atomic E-state index is 11.9. The van der Waals surface area contributed by atoms with E-state index < -0.39 is 0 Å². The molecule has 0 unspecified atom stereocenters. The average Bonchev–Trinajstić information content (AvgIpc) is 3.24. The van der Waals surface area contributed by atoms with Crippen LogP contribution in [0.5, 0.6) is 11.5 Å². The summed E-state index contributed by atoms with van der Waals surface area (Å²) in [4.78, 5) is 11.9. The Morgan fingerprint density at radius 1 is 1.26 bits per heavy atom. The molecule has 0 saturated carbocycles. The number of amides is 1. The van der Waals surface area contributed by atoms with Crippen molar-refractivity contribution < 1.29 is 18.7 Å². The molecule has 23 heavy (non-hydrogen) atoms. The number of anilines is 1. The van der Waals surface area contributed by atoms with Crippen molar-refractivity contribution in [3.63, 3.8) is 0 Å². The Balaban J connectivity index is 1.55. The average molecular weight is 331 g/mol. The number of rotatable bonds is 6. The first-order chi connectivity index (χ1) is 11.2. The van der Waals surface area contributed by atoms with Gasteiger partial charge in [0.15, 0.2) is 17.4 Å². The number of carbonyl (C=O) groups excluding carboxylic acids is 1. The summed E-state index contributed by atoms with van der Waals surface area (Å²) in [5, 5.41) is 11.5. The maximum Gasteiger partial charge on any atom is 0.264 e. The zero-order valence-electron chi connectivity index (χ0n) is 12.2. The quantitative estimate of drug-likeness (QED) is 0.747. The lowest BCUT2D eigenvalue weighted by atomic mass is 10.3. The van der Waals surface area contributed by atoms with Crippen LogP contribution in [-0.2, 0) is 4.79 Å². The van der Waals surface area contributed by atoms with Gasteiger partial charge in [0, 0.05) is 6.07 Å². The van der Waals surface area contributed by atoms with Crippen LogP contribution in [0.4, 0.5) is 5.13 Å². The van der Waals surface area contributed by atoms with E-state index in [-0.39, 0.29) is 12.5 Å². The van der Waals surface area contributed by atoms with Crippen LogP contribution in [0.15, 0.2) is 47.1 Å². The van der Waals surface area contributed by atoms with E-state index in [0.717, 1.165) is 0 Å². The number of methoxy groups -OCH3 is 1. The van der Waals surface area contributed by atoms with Crippen molar-refractivity contribution >= 4 is 22.4 Å². The Kier molecular flexibility index (Phi) is 4.53. The van der Waals surface area contributed by atoms with Crippen molar-refractivity contribution in [2.45, 2.75) is 0 Å². The van der Waals surface area contributed by atoms with E-state index in [2.05, 4.69) is 15.5 Å². The maximum absolute atomic E-state index is 11.9. The standard InChI is InChI=1S/C15H13N3O4S/c1-20-10-4-2-5-11(8-10)22-9-13(19)16-15-18-17-14(23-15)12-6-3-7-21-12/h2-8H,9H2,1H3,(H,16,18,19). The first kappa shape index (κ1) is 15.0. The number of furan rings is 1. The second kappa shape index (κ2) is 6.93. The number of nitrogens with zero attached hydrogens (tertiary/aromatic N) is 2. The Hall–Kier alpha value is -2.87. The van der Waals surface area contributed by atoms with Gasteiger partial charge in [-0.05, 0) is 24.3 Å². The Morgan fingerprint density at radius 3 is 2.91 bits per heavy atom. The molecule has 0 fully saturated rings. The zero-order valence-corrected chi connectivity index (χ0v) is 13.0. The summed E-state index contributed by atoms with van der Waals surface area (Å²) in [5.74, 6) is 1.49. The molecule has 0 saturated heterocycles. The van der Waals surface area contributed by atoms with Gasteiger partial charge in [-0.1, -0.05) is 17.4 Å². The van der Waals surface area contributed by atoms with Crippen LogP contribution in [0.2, 0.25) is 0 Å². The summed E-state index contributed by atoms with van der Waals surface area (Å²) in [5.41, 5.74) is 0. The van der Waals surface area contributed by atoms with Gasteiger partial charge in [-0.25, -0.2) is 0 Å². The van der Waals surface area contributed by atoms with Crippen LogP contribution < -0.4 is 14.8 Å². The van der Waals surface area contributed by atoms with E-state index in [1.54, 1.807) is 49.8 Å². The van der Waals surface area contributed by atoms with Crippen LogP contribution in [-0.4, -0.2) is 29.8 Å². The van der Waals surface area contributed by atoms with E-state index in [9.17, 15) is 4.79 Å². The van der Waals surface area contributed by atoms with Crippen LogP contribution in [0.25, 0.3) is 10.8 Å². The minimum absolute atomic E-state index is 0.136. The number of carbonyl (C=O) groups is 1. The van der Waals surface area contributed by atoms with Crippen LogP contribution in [0.1, 0.15) is 0 Å². The minimum Gasteiger partial charge on any atom is -0.497 e. The fraction of sp³-hybridized carbons (Fsp3) is 0.133. The van der Waals surface area contributed by atoms with Crippen molar-refractivity contribution in [2.75, 3.05) is 19.0 Å². The molecule has 7 nitrogen and oxygen atoms in total. The lowest BCUT2D eigenvalue weighted by Gasteiger charge is -2.06. The summed E-state index contributed by atoms with van der Waals surface area (Å²) in [6.45, 7) is -0.136. The van der Waals surface area contributed by atoms with Crippen molar-refractivity contribution in [2.24, 2.45) is 0 Å². The van der Waals surface area contributed by atoms with Crippen LogP contribution in [0.3, 0.4) is 0 Å². The van der Waals surface area contributed by atoms with E-state index in [1.807, 2.05) is 0 Å². The number of nitrogens with one attached hydrogen (secondary N) is 1. The SMILES string of the molecule is COc1cccc(OCC(=O)Nc2nnc(-c3ccco3)s2)c1. The zero-order chi connectivity index (χ0) is 16.1. The number of aromatic nitrogens is 2. The Bertz CT molecular complexity index is 786. The molecule has 3 aromatic rings. The lowest BCUT2D eigenvalue weighted by molar-refractivity contribution is -0.118. The van der Waals surface area contributed by atoms with Crippen molar-refractivity contribution in [1.29, 1.82) is 0 Å². The van der Waals surface area contributed by atoms with Gasteiger partial charge in [-0.2, -0.15) is 0 Å². The summed E-state index contributed by atoms with van der Waals surface area (Å²) in [6.07, 6.45) is 1.55. The largest absolute Gasteiger partial charge is 0.497 e. The second-order valence-corrected chi connectivity index (χ2v) is 5.38. The summed E-state index contributed by atoms with van der Waals surface area (Å²) < 4.78 is 15.7. The molecule has 0 spiro atoms. The molecule has 2 aromatic heterocycles. The molecule has 0 aliphatic heterocycles. The van der Waals surface area contributed by atoms with E-state index in [1.165, 1.54) is 11.3 Å². The first-order valence-corrected chi connectivity index (χ1v) is 7.50. The number of benzene rings is 1. The van der Waals surface area contributed by atoms with Crippen molar-refractivity contribution in [3.8, 4) is 22.3 Å². The molecule has 0 aliphatic rings. The molecule has 1 amide bonds. The number of hydrogen-bond donors (Lipinski definition) is 1. The molecular formula is C15H13N3O4S. The highest BCUT2D eigenvalue weighted by Crippen LogP contribution is 2.26. The van der Waals surface area contributed by atoms with Gasteiger partial charge in [0.25, 0.3) is 5.91 Å².